The molecule has 4 rings (SSSR count). The minimum atomic E-state index is -0.0978. The van der Waals surface area contributed by atoms with Crippen molar-refractivity contribution >= 4 is 45.0 Å². The van der Waals surface area contributed by atoms with Gasteiger partial charge in [-0.2, -0.15) is 5.10 Å². The highest BCUT2D eigenvalue weighted by Crippen LogP contribution is 2.29. The Balaban J connectivity index is 1.41. The van der Waals surface area contributed by atoms with Crippen LogP contribution >= 0.6 is 22.9 Å². The van der Waals surface area contributed by atoms with Crippen LogP contribution in [0.15, 0.2) is 48.8 Å². The number of carbonyl (C=O) groups is 1. The standard InChI is InChI=1S/C20H19ClN6OS/c1-13-16-11-17(18(28)22-9-10-25-20-23-7-2-8-24-20)29-19(16)27(26-13)12-14-3-5-15(21)6-4-14/h2-8,11H,9-10,12H2,1H3,(H,22,28)(H,23,24,25). The molecule has 4 aromatic rings. The summed E-state index contributed by atoms with van der Waals surface area (Å²) >= 11 is 7.41. The summed E-state index contributed by atoms with van der Waals surface area (Å²) in [6.45, 7) is 3.61. The number of carbonyl (C=O) groups excluding carboxylic acids is 1. The molecule has 0 spiro atoms. The highest BCUT2D eigenvalue weighted by Gasteiger charge is 2.16. The molecule has 0 aliphatic carbocycles. The second-order valence-corrected chi connectivity index (χ2v) is 7.92. The third kappa shape index (κ3) is 4.55. The number of aromatic nitrogens is 4. The normalized spacial score (nSPS) is 11.0. The van der Waals surface area contributed by atoms with Crippen LogP contribution in [0.5, 0.6) is 0 Å². The van der Waals surface area contributed by atoms with E-state index in [-0.39, 0.29) is 5.91 Å². The van der Waals surface area contributed by atoms with Crippen molar-refractivity contribution in [2.45, 2.75) is 13.5 Å². The van der Waals surface area contributed by atoms with E-state index in [2.05, 4.69) is 25.7 Å². The SMILES string of the molecule is Cc1nn(Cc2ccc(Cl)cc2)c2sc(C(=O)NCCNc3ncccn3)cc12. The molecular weight excluding hydrogens is 408 g/mol. The third-order valence-corrected chi connectivity index (χ3v) is 5.74. The summed E-state index contributed by atoms with van der Waals surface area (Å²) in [5, 5.41) is 12.3. The Morgan fingerprint density at radius 1 is 1.17 bits per heavy atom. The fourth-order valence-electron chi connectivity index (χ4n) is 2.92. The Bertz CT molecular complexity index is 1120. The molecule has 1 amide bonds. The van der Waals surface area contributed by atoms with Gasteiger partial charge in [-0.05, 0) is 36.8 Å². The van der Waals surface area contributed by atoms with Crippen molar-refractivity contribution in [2.75, 3.05) is 18.4 Å². The summed E-state index contributed by atoms with van der Waals surface area (Å²) in [6, 6.07) is 11.4. The summed E-state index contributed by atoms with van der Waals surface area (Å²) in [7, 11) is 0. The van der Waals surface area contributed by atoms with E-state index in [0.717, 1.165) is 21.5 Å². The molecule has 0 unspecified atom stereocenters. The van der Waals surface area contributed by atoms with E-state index in [1.165, 1.54) is 11.3 Å². The predicted octanol–water partition coefficient (Wildman–Crippen LogP) is 3.74. The Labute approximate surface area is 176 Å². The number of nitrogens with one attached hydrogen (secondary N) is 2. The maximum absolute atomic E-state index is 12.5. The zero-order chi connectivity index (χ0) is 20.2. The number of rotatable bonds is 7. The maximum atomic E-state index is 12.5. The van der Waals surface area contributed by atoms with Gasteiger partial charge >= 0.3 is 0 Å². The molecular formula is C20H19ClN6OS. The average Bonchev–Trinajstić information content (AvgIpc) is 3.29. The first kappa shape index (κ1) is 19.4. The maximum Gasteiger partial charge on any atom is 0.261 e. The van der Waals surface area contributed by atoms with Gasteiger partial charge in [0, 0.05) is 35.9 Å². The number of hydrogen-bond donors (Lipinski definition) is 2. The summed E-state index contributed by atoms with van der Waals surface area (Å²) < 4.78 is 1.93. The van der Waals surface area contributed by atoms with Gasteiger partial charge < -0.3 is 10.6 Å². The number of anilines is 1. The van der Waals surface area contributed by atoms with Crippen molar-refractivity contribution < 1.29 is 4.79 Å². The lowest BCUT2D eigenvalue weighted by Crippen LogP contribution is -2.28. The van der Waals surface area contributed by atoms with Crippen LogP contribution in [0, 0.1) is 6.92 Å². The Hall–Kier alpha value is -2.97. The molecule has 0 atom stereocenters. The van der Waals surface area contributed by atoms with Crippen LogP contribution in [0.25, 0.3) is 10.2 Å². The van der Waals surface area contributed by atoms with Crippen LogP contribution in [0.3, 0.4) is 0 Å². The molecule has 9 heteroatoms. The van der Waals surface area contributed by atoms with Crippen LogP contribution in [-0.2, 0) is 6.54 Å². The van der Waals surface area contributed by atoms with E-state index in [1.807, 2.05) is 41.9 Å². The van der Waals surface area contributed by atoms with Crippen molar-refractivity contribution in [1.29, 1.82) is 0 Å². The number of amides is 1. The van der Waals surface area contributed by atoms with Gasteiger partial charge in [0.1, 0.15) is 4.83 Å². The molecule has 29 heavy (non-hydrogen) atoms. The van der Waals surface area contributed by atoms with Crippen LogP contribution in [0.4, 0.5) is 5.95 Å². The number of benzene rings is 1. The van der Waals surface area contributed by atoms with Crippen LogP contribution in [0.2, 0.25) is 5.02 Å². The molecule has 148 valence electrons. The van der Waals surface area contributed by atoms with E-state index in [4.69, 9.17) is 11.6 Å². The van der Waals surface area contributed by atoms with Crippen LogP contribution < -0.4 is 10.6 Å². The van der Waals surface area contributed by atoms with Gasteiger partial charge in [-0.1, -0.05) is 23.7 Å². The lowest BCUT2D eigenvalue weighted by Gasteiger charge is -2.05. The number of hydrogen-bond acceptors (Lipinski definition) is 6. The van der Waals surface area contributed by atoms with Crippen LogP contribution in [0.1, 0.15) is 20.9 Å². The number of thiophene rings is 1. The largest absolute Gasteiger partial charge is 0.352 e. The highest BCUT2D eigenvalue weighted by atomic mass is 35.5. The Kier molecular flexibility index (Phi) is 5.73. The minimum absolute atomic E-state index is 0.0978. The Morgan fingerprint density at radius 2 is 1.93 bits per heavy atom. The van der Waals surface area contributed by atoms with Crippen molar-refractivity contribution in [3.63, 3.8) is 0 Å². The molecule has 0 fully saturated rings. The highest BCUT2D eigenvalue weighted by molar-refractivity contribution is 7.20. The van der Waals surface area contributed by atoms with E-state index < -0.39 is 0 Å². The molecule has 0 aliphatic rings. The Morgan fingerprint density at radius 3 is 2.69 bits per heavy atom. The molecule has 3 heterocycles. The third-order valence-electron chi connectivity index (χ3n) is 4.34. The van der Waals surface area contributed by atoms with E-state index in [9.17, 15) is 4.79 Å². The lowest BCUT2D eigenvalue weighted by molar-refractivity contribution is 0.0959. The molecule has 0 aliphatic heterocycles. The first-order chi connectivity index (χ1) is 14.1. The molecule has 0 saturated heterocycles. The number of fused-ring (bicyclic) bond motifs is 1. The number of halogens is 1. The van der Waals surface area contributed by atoms with E-state index in [0.29, 0.717) is 35.5 Å². The van der Waals surface area contributed by atoms with Gasteiger partial charge in [-0.25, -0.2) is 9.97 Å². The molecule has 0 saturated carbocycles. The summed E-state index contributed by atoms with van der Waals surface area (Å²) in [4.78, 5) is 22.4. The zero-order valence-corrected chi connectivity index (χ0v) is 17.3. The fourth-order valence-corrected chi connectivity index (χ4v) is 4.13. The lowest BCUT2D eigenvalue weighted by atomic mass is 10.2. The summed E-state index contributed by atoms with van der Waals surface area (Å²) in [6.07, 6.45) is 3.33. The second-order valence-electron chi connectivity index (χ2n) is 6.45. The predicted molar refractivity (Wildman–Crippen MR) is 116 cm³/mol. The van der Waals surface area contributed by atoms with Gasteiger partial charge in [-0.15, -0.1) is 11.3 Å². The van der Waals surface area contributed by atoms with Crippen molar-refractivity contribution in [2.24, 2.45) is 0 Å². The second kappa shape index (κ2) is 8.59. The van der Waals surface area contributed by atoms with E-state index >= 15 is 0 Å². The molecule has 1 aromatic carbocycles. The zero-order valence-electron chi connectivity index (χ0n) is 15.7. The molecule has 3 aromatic heterocycles. The van der Waals surface area contributed by atoms with Crippen LogP contribution in [-0.4, -0.2) is 38.7 Å². The van der Waals surface area contributed by atoms with Gasteiger partial charge in [-0.3, -0.25) is 9.48 Å². The fraction of sp³-hybridized carbons (Fsp3) is 0.200. The monoisotopic (exact) mass is 426 g/mol. The smallest absolute Gasteiger partial charge is 0.261 e. The minimum Gasteiger partial charge on any atom is -0.352 e. The molecule has 7 nitrogen and oxygen atoms in total. The van der Waals surface area contributed by atoms with Crippen molar-refractivity contribution in [1.82, 2.24) is 25.1 Å². The van der Waals surface area contributed by atoms with Gasteiger partial charge in [0.25, 0.3) is 5.91 Å². The number of aryl methyl sites for hydroxylation is 1. The molecule has 0 bridgehead atoms. The van der Waals surface area contributed by atoms with Gasteiger partial charge in [0.2, 0.25) is 5.95 Å². The number of nitrogens with zero attached hydrogens (tertiary/aromatic N) is 4. The van der Waals surface area contributed by atoms with Gasteiger partial charge in [0.15, 0.2) is 0 Å². The topological polar surface area (TPSA) is 84.7 Å². The van der Waals surface area contributed by atoms with Crippen molar-refractivity contribution in [3.05, 3.63) is 69.9 Å². The summed E-state index contributed by atoms with van der Waals surface area (Å²) in [5.74, 6) is 0.445. The molecule has 2 N–H and O–H groups in total. The van der Waals surface area contributed by atoms with Gasteiger partial charge in [0.05, 0.1) is 17.1 Å². The first-order valence-corrected chi connectivity index (χ1v) is 10.3. The van der Waals surface area contributed by atoms with Crippen molar-refractivity contribution in [3.8, 4) is 0 Å². The average molecular weight is 427 g/mol. The quantitative estimate of drug-likeness (QED) is 0.440. The molecule has 0 radical (unpaired) electrons. The summed E-state index contributed by atoms with van der Waals surface area (Å²) in [5.41, 5.74) is 2.01. The first-order valence-electron chi connectivity index (χ1n) is 9.10. The van der Waals surface area contributed by atoms with E-state index in [1.54, 1.807) is 18.5 Å².